The number of fused-ring (bicyclic) bond motifs is 15. The summed E-state index contributed by atoms with van der Waals surface area (Å²) in [5.74, 6) is 0. The third kappa shape index (κ3) is 5.44. The third-order valence-electron chi connectivity index (χ3n) is 14.4. The van der Waals surface area contributed by atoms with Gasteiger partial charge in [0.2, 0.25) is 0 Å². The molecular formula is C63H41NO2. The molecule has 310 valence electrons. The molecule has 13 aromatic rings. The number of benzene rings is 11. The van der Waals surface area contributed by atoms with Crippen LogP contribution in [0.15, 0.2) is 221 Å². The van der Waals surface area contributed by atoms with Gasteiger partial charge in [0.1, 0.15) is 22.3 Å². The smallest absolute Gasteiger partial charge is 0.137 e. The summed E-state index contributed by atoms with van der Waals surface area (Å²) in [6.07, 6.45) is 0. The zero-order chi connectivity index (χ0) is 43.7. The van der Waals surface area contributed by atoms with Crippen LogP contribution in [0, 0.1) is 0 Å². The Morgan fingerprint density at radius 1 is 0.288 bits per heavy atom. The monoisotopic (exact) mass is 843 g/mol. The van der Waals surface area contributed by atoms with Gasteiger partial charge in [-0.25, -0.2) is 0 Å². The first kappa shape index (κ1) is 37.0. The summed E-state index contributed by atoms with van der Waals surface area (Å²) in [7, 11) is 0. The number of rotatable bonds is 5. The fourth-order valence-electron chi connectivity index (χ4n) is 11.2. The molecule has 1 aliphatic rings. The summed E-state index contributed by atoms with van der Waals surface area (Å²) in [6.45, 7) is 4.68. The molecular weight excluding hydrogens is 803 g/mol. The fraction of sp³-hybridized carbons (Fsp3) is 0.0476. The second-order valence-electron chi connectivity index (χ2n) is 18.4. The molecule has 1 aliphatic carbocycles. The molecule has 0 unspecified atom stereocenters. The van der Waals surface area contributed by atoms with Gasteiger partial charge < -0.3 is 13.7 Å². The quantitative estimate of drug-likeness (QED) is 0.162. The molecule has 66 heavy (non-hydrogen) atoms. The van der Waals surface area contributed by atoms with E-state index in [0.29, 0.717) is 0 Å². The zero-order valence-electron chi connectivity index (χ0n) is 36.5. The van der Waals surface area contributed by atoms with Crippen molar-refractivity contribution in [2.24, 2.45) is 0 Å². The molecule has 2 heterocycles. The Labute approximate surface area is 381 Å². The number of hydrogen-bond acceptors (Lipinski definition) is 3. The van der Waals surface area contributed by atoms with E-state index in [9.17, 15) is 0 Å². The molecule has 0 saturated heterocycles. The summed E-state index contributed by atoms with van der Waals surface area (Å²) in [4.78, 5) is 2.36. The molecule has 2 aromatic heterocycles. The SMILES string of the molecule is CC1(C)c2ccccc2-c2ccc(N(c3ccc(-c4ccccc4)cc3)c3ccc4c(c3)oc3cc5c(cc34)oc3cc(-c4ccc6c7ccccc7c7ccccc7c6c4)ccc35)cc21. The van der Waals surface area contributed by atoms with Crippen molar-refractivity contribution in [3.05, 3.63) is 223 Å². The van der Waals surface area contributed by atoms with Crippen molar-refractivity contribution in [1.29, 1.82) is 0 Å². The predicted octanol–water partition coefficient (Wildman–Crippen LogP) is 18.1. The summed E-state index contributed by atoms with van der Waals surface area (Å²) in [5, 5.41) is 11.8. The molecule has 0 fully saturated rings. The molecule has 0 amide bonds. The van der Waals surface area contributed by atoms with Crippen molar-refractivity contribution < 1.29 is 8.83 Å². The maximum absolute atomic E-state index is 6.80. The Morgan fingerprint density at radius 3 is 1.44 bits per heavy atom. The highest BCUT2D eigenvalue weighted by atomic mass is 16.3. The van der Waals surface area contributed by atoms with Gasteiger partial charge in [0, 0.05) is 50.1 Å². The van der Waals surface area contributed by atoms with Crippen molar-refractivity contribution in [2.75, 3.05) is 4.90 Å². The van der Waals surface area contributed by atoms with Gasteiger partial charge in [-0.3, -0.25) is 0 Å². The van der Waals surface area contributed by atoms with E-state index < -0.39 is 0 Å². The first-order valence-corrected chi connectivity index (χ1v) is 22.8. The lowest BCUT2D eigenvalue weighted by atomic mass is 9.82. The van der Waals surface area contributed by atoms with Crippen LogP contribution in [0.2, 0.25) is 0 Å². The van der Waals surface area contributed by atoms with Crippen LogP contribution in [0.3, 0.4) is 0 Å². The van der Waals surface area contributed by atoms with Gasteiger partial charge in [-0.15, -0.1) is 0 Å². The van der Waals surface area contributed by atoms with Crippen LogP contribution in [0.5, 0.6) is 0 Å². The van der Waals surface area contributed by atoms with E-state index in [1.165, 1.54) is 65.7 Å². The molecule has 0 bridgehead atoms. The lowest BCUT2D eigenvalue weighted by molar-refractivity contribution is 0.660. The minimum absolute atomic E-state index is 0.127. The first-order chi connectivity index (χ1) is 32.4. The summed E-state index contributed by atoms with van der Waals surface area (Å²) < 4.78 is 13.5. The average Bonchev–Trinajstić information content (AvgIpc) is 3.99. The van der Waals surface area contributed by atoms with E-state index in [1.807, 2.05) is 0 Å². The second-order valence-corrected chi connectivity index (χ2v) is 18.4. The van der Waals surface area contributed by atoms with Gasteiger partial charge in [-0.2, -0.15) is 0 Å². The Kier molecular flexibility index (Phi) is 7.74. The molecule has 0 saturated carbocycles. The van der Waals surface area contributed by atoms with Crippen molar-refractivity contribution in [1.82, 2.24) is 0 Å². The standard InChI is InChI=1S/C63H41NO2/c1-63(2)57-19-11-10-18-50(57)51-30-26-43(34-58(51)63)64(42-24-20-39(21-25-42)38-12-4-3-5-13-38)44-27-31-53-56-37-61-55(36-62(56)66-60(53)35-44)52-29-23-41(33-59(52)65-61)40-22-28-49-47-16-7-6-14-45(47)46-15-8-9-17-48(46)54(49)32-40/h3-37H,1-2H3. The second kappa shape index (κ2) is 13.8. The van der Waals surface area contributed by atoms with Crippen LogP contribution in [-0.2, 0) is 5.41 Å². The lowest BCUT2D eigenvalue weighted by Gasteiger charge is -2.28. The average molecular weight is 844 g/mol. The Hall–Kier alpha value is -8.40. The van der Waals surface area contributed by atoms with Crippen molar-refractivity contribution >= 4 is 93.3 Å². The topological polar surface area (TPSA) is 29.5 Å². The number of nitrogens with zero attached hydrogens (tertiary/aromatic N) is 1. The van der Waals surface area contributed by atoms with Gasteiger partial charge in [-0.05, 0) is 144 Å². The Morgan fingerprint density at radius 2 is 0.742 bits per heavy atom. The largest absolute Gasteiger partial charge is 0.456 e. The van der Waals surface area contributed by atoms with E-state index >= 15 is 0 Å². The van der Waals surface area contributed by atoms with Crippen LogP contribution in [0.25, 0.3) is 110 Å². The van der Waals surface area contributed by atoms with Gasteiger partial charge >= 0.3 is 0 Å². The first-order valence-electron chi connectivity index (χ1n) is 22.8. The molecule has 0 atom stereocenters. The highest BCUT2D eigenvalue weighted by Crippen LogP contribution is 2.51. The van der Waals surface area contributed by atoms with Crippen LogP contribution in [0.4, 0.5) is 17.1 Å². The van der Waals surface area contributed by atoms with E-state index in [1.54, 1.807) is 0 Å². The van der Waals surface area contributed by atoms with Gasteiger partial charge in [0.05, 0.1) is 0 Å². The molecule has 14 rings (SSSR count). The summed E-state index contributed by atoms with van der Waals surface area (Å²) in [6, 6.07) is 77.1. The maximum atomic E-state index is 6.80. The maximum Gasteiger partial charge on any atom is 0.137 e. The Bertz CT molecular complexity index is 4100. The zero-order valence-corrected chi connectivity index (χ0v) is 36.5. The highest BCUT2D eigenvalue weighted by Gasteiger charge is 2.36. The molecule has 0 aliphatic heterocycles. The third-order valence-corrected chi connectivity index (χ3v) is 14.4. The fourth-order valence-corrected chi connectivity index (χ4v) is 11.2. The van der Waals surface area contributed by atoms with E-state index in [0.717, 1.165) is 72.1 Å². The molecule has 0 radical (unpaired) electrons. The molecule has 11 aromatic carbocycles. The number of furan rings is 2. The lowest BCUT2D eigenvalue weighted by Crippen LogP contribution is -2.16. The van der Waals surface area contributed by atoms with Gasteiger partial charge in [0.25, 0.3) is 0 Å². The highest BCUT2D eigenvalue weighted by molar-refractivity contribution is 6.26. The van der Waals surface area contributed by atoms with Crippen molar-refractivity contribution in [3.8, 4) is 33.4 Å². The number of hydrogen-bond donors (Lipinski definition) is 0. The van der Waals surface area contributed by atoms with Crippen molar-refractivity contribution in [3.63, 3.8) is 0 Å². The predicted molar refractivity (Wildman–Crippen MR) is 277 cm³/mol. The van der Waals surface area contributed by atoms with E-state index in [2.05, 4.69) is 231 Å². The van der Waals surface area contributed by atoms with Crippen LogP contribution < -0.4 is 4.90 Å². The van der Waals surface area contributed by atoms with Crippen molar-refractivity contribution in [2.45, 2.75) is 19.3 Å². The molecule has 0 spiro atoms. The van der Waals surface area contributed by atoms with E-state index in [4.69, 9.17) is 8.83 Å². The van der Waals surface area contributed by atoms with E-state index in [-0.39, 0.29) is 5.41 Å². The normalized spacial score (nSPS) is 13.1. The van der Waals surface area contributed by atoms with Crippen LogP contribution in [0.1, 0.15) is 25.0 Å². The van der Waals surface area contributed by atoms with Gasteiger partial charge in [0.15, 0.2) is 0 Å². The van der Waals surface area contributed by atoms with Crippen LogP contribution in [-0.4, -0.2) is 0 Å². The van der Waals surface area contributed by atoms with Gasteiger partial charge in [-0.1, -0.05) is 153 Å². The molecule has 3 nitrogen and oxygen atoms in total. The summed E-state index contributed by atoms with van der Waals surface area (Å²) in [5.41, 5.74) is 16.4. The molecule has 3 heteroatoms. The summed E-state index contributed by atoms with van der Waals surface area (Å²) >= 11 is 0. The Balaban J connectivity index is 0.865. The minimum atomic E-state index is -0.127. The molecule has 0 N–H and O–H groups in total. The van der Waals surface area contributed by atoms with Crippen LogP contribution >= 0.6 is 0 Å². The minimum Gasteiger partial charge on any atom is -0.456 e. The number of anilines is 3.